The summed E-state index contributed by atoms with van der Waals surface area (Å²) in [7, 11) is 1.67. The third kappa shape index (κ3) is 4.05. The Kier molecular flexibility index (Phi) is 5.53. The number of methoxy groups -OCH3 is 1. The van der Waals surface area contributed by atoms with E-state index in [0.717, 1.165) is 16.8 Å². The molecule has 3 nitrogen and oxygen atoms in total. The highest BCUT2D eigenvalue weighted by molar-refractivity contribution is 7.80. The van der Waals surface area contributed by atoms with Crippen molar-refractivity contribution >= 4 is 23.0 Å². The number of nitrogens with one attached hydrogen (secondary N) is 2. The second kappa shape index (κ2) is 7.62. The minimum Gasteiger partial charge on any atom is -0.383 e. The van der Waals surface area contributed by atoms with Gasteiger partial charge in [-0.05, 0) is 23.8 Å². The molecule has 104 valence electrons. The highest BCUT2D eigenvalue weighted by Crippen LogP contribution is 2.27. The first-order chi connectivity index (χ1) is 9.81. The molecule has 0 saturated heterocycles. The maximum atomic E-state index is 5.28. The van der Waals surface area contributed by atoms with Crippen LogP contribution >= 0.6 is 12.2 Å². The SMILES string of the molecule is COCCNC(=S)Nc1ccccc1-c1ccccc1. The molecule has 0 spiro atoms. The van der Waals surface area contributed by atoms with Crippen LogP contribution in [0.15, 0.2) is 54.6 Å². The van der Waals surface area contributed by atoms with Crippen LogP contribution in [0.5, 0.6) is 0 Å². The van der Waals surface area contributed by atoms with Crippen molar-refractivity contribution in [2.24, 2.45) is 0 Å². The predicted octanol–water partition coefficient (Wildman–Crippen LogP) is 3.29. The van der Waals surface area contributed by atoms with Gasteiger partial charge in [-0.1, -0.05) is 48.5 Å². The molecule has 0 aromatic heterocycles. The van der Waals surface area contributed by atoms with Crippen LogP contribution in [-0.4, -0.2) is 25.4 Å². The van der Waals surface area contributed by atoms with Crippen molar-refractivity contribution in [2.75, 3.05) is 25.6 Å². The van der Waals surface area contributed by atoms with Gasteiger partial charge in [-0.3, -0.25) is 0 Å². The summed E-state index contributed by atoms with van der Waals surface area (Å²) in [4.78, 5) is 0. The molecule has 2 N–H and O–H groups in total. The average Bonchev–Trinajstić information content (AvgIpc) is 2.49. The van der Waals surface area contributed by atoms with Crippen molar-refractivity contribution in [1.29, 1.82) is 0 Å². The van der Waals surface area contributed by atoms with Crippen molar-refractivity contribution in [3.8, 4) is 11.1 Å². The van der Waals surface area contributed by atoms with Crippen LogP contribution in [0.2, 0.25) is 0 Å². The van der Waals surface area contributed by atoms with Crippen LogP contribution in [-0.2, 0) is 4.74 Å². The highest BCUT2D eigenvalue weighted by Gasteiger charge is 2.05. The summed E-state index contributed by atoms with van der Waals surface area (Å²) in [6.07, 6.45) is 0. The lowest BCUT2D eigenvalue weighted by Crippen LogP contribution is -2.31. The lowest BCUT2D eigenvalue weighted by molar-refractivity contribution is 0.204. The summed E-state index contributed by atoms with van der Waals surface area (Å²) in [6, 6.07) is 18.4. The van der Waals surface area contributed by atoms with Crippen molar-refractivity contribution in [1.82, 2.24) is 5.32 Å². The van der Waals surface area contributed by atoms with Gasteiger partial charge in [0.05, 0.1) is 6.61 Å². The Morgan fingerprint density at radius 3 is 2.50 bits per heavy atom. The number of hydrogen-bond acceptors (Lipinski definition) is 2. The quantitative estimate of drug-likeness (QED) is 0.653. The summed E-state index contributed by atoms with van der Waals surface area (Å²) >= 11 is 5.28. The van der Waals surface area contributed by atoms with E-state index in [2.05, 4.69) is 28.8 Å². The second-order valence-electron chi connectivity index (χ2n) is 4.29. The average molecular weight is 286 g/mol. The number of para-hydroxylation sites is 1. The van der Waals surface area contributed by atoms with Gasteiger partial charge >= 0.3 is 0 Å². The molecule has 0 aliphatic carbocycles. The molecule has 0 saturated carbocycles. The van der Waals surface area contributed by atoms with E-state index in [9.17, 15) is 0 Å². The van der Waals surface area contributed by atoms with E-state index in [4.69, 9.17) is 17.0 Å². The molecular weight excluding hydrogens is 268 g/mol. The molecule has 20 heavy (non-hydrogen) atoms. The summed E-state index contributed by atoms with van der Waals surface area (Å²) in [5.41, 5.74) is 3.29. The van der Waals surface area contributed by atoms with Gasteiger partial charge in [0.1, 0.15) is 0 Å². The number of hydrogen-bond donors (Lipinski definition) is 2. The van der Waals surface area contributed by atoms with Gasteiger partial charge in [-0.15, -0.1) is 0 Å². The molecule has 0 unspecified atom stereocenters. The lowest BCUT2D eigenvalue weighted by Gasteiger charge is -2.14. The standard InChI is InChI=1S/C16H18N2OS/c1-19-12-11-17-16(20)18-15-10-6-5-9-14(15)13-7-3-2-4-8-13/h2-10H,11-12H2,1H3,(H2,17,18,20). The summed E-state index contributed by atoms with van der Waals surface area (Å²) in [5, 5.41) is 6.94. The molecule has 2 aromatic rings. The Morgan fingerprint density at radius 2 is 1.75 bits per heavy atom. The summed E-state index contributed by atoms with van der Waals surface area (Å²) < 4.78 is 4.99. The maximum absolute atomic E-state index is 5.28. The Balaban J connectivity index is 2.11. The van der Waals surface area contributed by atoms with Crippen LogP contribution in [0, 0.1) is 0 Å². The summed E-state index contributed by atoms with van der Waals surface area (Å²) in [5.74, 6) is 0. The molecule has 0 aliphatic rings. The van der Waals surface area contributed by atoms with Crippen LogP contribution in [0.3, 0.4) is 0 Å². The normalized spacial score (nSPS) is 10.1. The first-order valence-corrected chi connectivity index (χ1v) is 6.90. The van der Waals surface area contributed by atoms with Crippen molar-refractivity contribution in [2.45, 2.75) is 0 Å². The van der Waals surface area contributed by atoms with E-state index in [-0.39, 0.29) is 0 Å². The smallest absolute Gasteiger partial charge is 0.170 e. The van der Waals surface area contributed by atoms with Crippen LogP contribution in [0.25, 0.3) is 11.1 Å². The third-order valence-corrected chi connectivity index (χ3v) is 3.10. The molecule has 0 fully saturated rings. The van der Waals surface area contributed by atoms with E-state index in [1.165, 1.54) is 0 Å². The molecule has 0 amide bonds. The maximum Gasteiger partial charge on any atom is 0.170 e. The van der Waals surface area contributed by atoms with Gasteiger partial charge in [-0.25, -0.2) is 0 Å². The minimum absolute atomic E-state index is 0.602. The monoisotopic (exact) mass is 286 g/mol. The van der Waals surface area contributed by atoms with Gasteiger partial charge < -0.3 is 15.4 Å². The second-order valence-corrected chi connectivity index (χ2v) is 4.69. The van der Waals surface area contributed by atoms with Crippen LogP contribution in [0.1, 0.15) is 0 Å². The van der Waals surface area contributed by atoms with E-state index in [1.54, 1.807) is 7.11 Å². The van der Waals surface area contributed by atoms with Crippen molar-refractivity contribution < 1.29 is 4.74 Å². The molecule has 0 atom stereocenters. The zero-order valence-corrected chi connectivity index (χ0v) is 12.2. The molecular formula is C16H18N2OS. The molecule has 0 radical (unpaired) electrons. The van der Waals surface area contributed by atoms with E-state index < -0.39 is 0 Å². The molecule has 2 rings (SSSR count). The van der Waals surface area contributed by atoms with Gasteiger partial charge in [-0.2, -0.15) is 0 Å². The fourth-order valence-electron chi connectivity index (χ4n) is 1.89. The number of anilines is 1. The zero-order chi connectivity index (χ0) is 14.2. The molecule has 2 aromatic carbocycles. The third-order valence-electron chi connectivity index (χ3n) is 2.85. The Labute approximate surface area is 125 Å². The Hall–Kier alpha value is -1.91. The van der Waals surface area contributed by atoms with Crippen LogP contribution < -0.4 is 10.6 Å². The molecule has 4 heteroatoms. The van der Waals surface area contributed by atoms with Gasteiger partial charge in [0.2, 0.25) is 0 Å². The number of ether oxygens (including phenoxy) is 1. The first kappa shape index (κ1) is 14.5. The number of benzene rings is 2. The van der Waals surface area contributed by atoms with E-state index >= 15 is 0 Å². The molecule has 0 bridgehead atoms. The van der Waals surface area contributed by atoms with E-state index in [1.807, 2.05) is 36.4 Å². The Morgan fingerprint density at radius 1 is 1.05 bits per heavy atom. The van der Waals surface area contributed by atoms with Gasteiger partial charge in [0, 0.05) is 24.9 Å². The van der Waals surface area contributed by atoms with Gasteiger partial charge in [0.15, 0.2) is 5.11 Å². The summed E-state index contributed by atoms with van der Waals surface area (Å²) in [6.45, 7) is 1.32. The largest absolute Gasteiger partial charge is 0.383 e. The fourth-order valence-corrected chi connectivity index (χ4v) is 2.11. The van der Waals surface area contributed by atoms with Crippen LogP contribution in [0.4, 0.5) is 5.69 Å². The number of thiocarbonyl (C=S) groups is 1. The molecule has 0 heterocycles. The molecule has 0 aliphatic heterocycles. The van der Waals surface area contributed by atoms with E-state index in [0.29, 0.717) is 18.3 Å². The van der Waals surface area contributed by atoms with Crippen molar-refractivity contribution in [3.63, 3.8) is 0 Å². The topological polar surface area (TPSA) is 33.3 Å². The first-order valence-electron chi connectivity index (χ1n) is 6.49. The predicted molar refractivity (Wildman–Crippen MR) is 88.0 cm³/mol. The zero-order valence-electron chi connectivity index (χ0n) is 11.4. The highest BCUT2D eigenvalue weighted by atomic mass is 32.1. The lowest BCUT2D eigenvalue weighted by atomic mass is 10.0. The fraction of sp³-hybridized carbons (Fsp3) is 0.188. The van der Waals surface area contributed by atoms with Crippen molar-refractivity contribution in [3.05, 3.63) is 54.6 Å². The number of rotatable bonds is 5. The Bertz CT molecular complexity index is 557. The minimum atomic E-state index is 0.602. The van der Waals surface area contributed by atoms with Gasteiger partial charge in [0.25, 0.3) is 0 Å².